The quantitative estimate of drug-likeness (QED) is 0.645. The number of carbonyl (C=O) groups is 3. The van der Waals surface area contributed by atoms with E-state index in [1.165, 1.54) is 0 Å². The molecular weight excluding hydrogens is 356 g/mol. The van der Waals surface area contributed by atoms with Gasteiger partial charge in [0.15, 0.2) is 0 Å². The Morgan fingerprint density at radius 1 is 0.893 bits per heavy atom. The SMILES string of the molecule is Cc1ccc(NC(=O)c2ccc(C(=O)c3ccc(CC(=O)O)n3C)cc2)cc1. The van der Waals surface area contributed by atoms with E-state index in [1.54, 1.807) is 48.0 Å². The van der Waals surface area contributed by atoms with Crippen LogP contribution >= 0.6 is 0 Å². The maximum atomic E-state index is 12.7. The van der Waals surface area contributed by atoms with Gasteiger partial charge in [-0.2, -0.15) is 0 Å². The largest absolute Gasteiger partial charge is 0.481 e. The number of ketones is 1. The molecule has 0 aliphatic heterocycles. The van der Waals surface area contributed by atoms with Crippen molar-refractivity contribution in [3.63, 3.8) is 0 Å². The third-order valence-corrected chi connectivity index (χ3v) is 4.51. The first-order valence-corrected chi connectivity index (χ1v) is 8.74. The first-order valence-electron chi connectivity index (χ1n) is 8.74. The highest BCUT2D eigenvalue weighted by molar-refractivity contribution is 6.09. The number of rotatable bonds is 6. The zero-order chi connectivity index (χ0) is 20.3. The van der Waals surface area contributed by atoms with Gasteiger partial charge in [-0.05, 0) is 43.3 Å². The summed E-state index contributed by atoms with van der Waals surface area (Å²) in [4.78, 5) is 35.9. The molecule has 6 nitrogen and oxygen atoms in total. The van der Waals surface area contributed by atoms with Crippen LogP contribution in [0.2, 0.25) is 0 Å². The Morgan fingerprint density at radius 2 is 1.50 bits per heavy atom. The van der Waals surface area contributed by atoms with Crippen molar-refractivity contribution in [2.24, 2.45) is 7.05 Å². The molecule has 2 N–H and O–H groups in total. The van der Waals surface area contributed by atoms with Crippen LogP contribution in [0.1, 0.15) is 37.7 Å². The Labute approximate surface area is 162 Å². The van der Waals surface area contributed by atoms with Crippen molar-refractivity contribution >= 4 is 23.3 Å². The van der Waals surface area contributed by atoms with Gasteiger partial charge in [0.05, 0.1) is 12.1 Å². The molecule has 1 heterocycles. The van der Waals surface area contributed by atoms with Gasteiger partial charge in [0.2, 0.25) is 5.78 Å². The minimum absolute atomic E-state index is 0.151. The minimum atomic E-state index is -0.954. The molecular formula is C22H20N2O4. The van der Waals surface area contributed by atoms with Crippen molar-refractivity contribution in [3.05, 3.63) is 88.7 Å². The molecule has 0 saturated heterocycles. The molecule has 0 radical (unpaired) electrons. The summed E-state index contributed by atoms with van der Waals surface area (Å²) in [6.45, 7) is 1.97. The maximum absolute atomic E-state index is 12.7. The minimum Gasteiger partial charge on any atom is -0.481 e. The summed E-state index contributed by atoms with van der Waals surface area (Å²) in [5.41, 5.74) is 3.61. The first kappa shape index (κ1) is 19.1. The number of amides is 1. The van der Waals surface area contributed by atoms with Crippen LogP contribution in [0.4, 0.5) is 5.69 Å². The number of aryl methyl sites for hydroxylation is 1. The second-order valence-corrected chi connectivity index (χ2v) is 6.57. The topological polar surface area (TPSA) is 88.4 Å². The summed E-state index contributed by atoms with van der Waals surface area (Å²) in [6.07, 6.45) is -0.151. The highest BCUT2D eigenvalue weighted by atomic mass is 16.4. The molecule has 0 spiro atoms. The highest BCUT2D eigenvalue weighted by Gasteiger charge is 2.16. The van der Waals surface area contributed by atoms with Crippen molar-refractivity contribution < 1.29 is 19.5 Å². The van der Waals surface area contributed by atoms with Crippen molar-refractivity contribution in [2.75, 3.05) is 5.32 Å². The second kappa shape index (κ2) is 7.92. The number of aliphatic carboxylic acids is 1. The van der Waals surface area contributed by atoms with Gasteiger partial charge in [-0.1, -0.05) is 29.8 Å². The molecule has 0 fully saturated rings. The zero-order valence-electron chi connectivity index (χ0n) is 15.6. The third-order valence-electron chi connectivity index (χ3n) is 4.51. The Balaban J connectivity index is 1.74. The van der Waals surface area contributed by atoms with E-state index in [-0.39, 0.29) is 18.1 Å². The first-order chi connectivity index (χ1) is 13.3. The average Bonchev–Trinajstić information content (AvgIpc) is 3.03. The normalized spacial score (nSPS) is 10.5. The predicted molar refractivity (Wildman–Crippen MR) is 106 cm³/mol. The number of carboxylic acids is 1. The van der Waals surface area contributed by atoms with Crippen LogP contribution in [0.15, 0.2) is 60.7 Å². The summed E-state index contributed by atoms with van der Waals surface area (Å²) in [5, 5.41) is 11.7. The van der Waals surface area contributed by atoms with Crippen molar-refractivity contribution in [2.45, 2.75) is 13.3 Å². The standard InChI is InChI=1S/C22H20N2O4/c1-14-3-9-17(10-4-14)23-22(28)16-7-5-15(6-8-16)21(27)19-12-11-18(24(19)2)13-20(25)26/h3-12H,13H2,1-2H3,(H,23,28)(H,25,26). The molecule has 3 aromatic rings. The number of hydrogen-bond acceptors (Lipinski definition) is 3. The number of anilines is 1. The molecule has 142 valence electrons. The fraction of sp³-hybridized carbons (Fsp3) is 0.136. The molecule has 0 unspecified atom stereocenters. The molecule has 0 atom stereocenters. The summed E-state index contributed by atoms with van der Waals surface area (Å²) in [6, 6.07) is 17.1. The number of carboxylic acid groups (broad SMARTS) is 1. The smallest absolute Gasteiger partial charge is 0.309 e. The fourth-order valence-electron chi connectivity index (χ4n) is 2.87. The third kappa shape index (κ3) is 4.17. The van der Waals surface area contributed by atoms with Crippen molar-refractivity contribution in [3.8, 4) is 0 Å². The van der Waals surface area contributed by atoms with Crippen LogP contribution < -0.4 is 5.32 Å². The van der Waals surface area contributed by atoms with E-state index in [1.807, 2.05) is 31.2 Å². The van der Waals surface area contributed by atoms with E-state index in [9.17, 15) is 14.4 Å². The van der Waals surface area contributed by atoms with Crippen molar-refractivity contribution in [1.29, 1.82) is 0 Å². The Hall–Kier alpha value is -3.67. The lowest BCUT2D eigenvalue weighted by Crippen LogP contribution is -2.13. The van der Waals surface area contributed by atoms with Gasteiger partial charge in [-0.15, -0.1) is 0 Å². The van der Waals surface area contributed by atoms with Crippen LogP contribution in [0.5, 0.6) is 0 Å². The van der Waals surface area contributed by atoms with E-state index >= 15 is 0 Å². The van der Waals surface area contributed by atoms with Gasteiger partial charge in [0, 0.05) is 29.6 Å². The lowest BCUT2D eigenvalue weighted by Gasteiger charge is -2.08. The number of carbonyl (C=O) groups excluding carboxylic acids is 2. The molecule has 0 aliphatic carbocycles. The zero-order valence-corrected chi connectivity index (χ0v) is 15.6. The van der Waals surface area contributed by atoms with E-state index in [0.29, 0.717) is 28.2 Å². The molecule has 2 aromatic carbocycles. The van der Waals surface area contributed by atoms with E-state index in [0.717, 1.165) is 5.56 Å². The molecule has 0 saturated carbocycles. The summed E-state index contributed by atoms with van der Waals surface area (Å²) in [5.74, 6) is -1.45. The van der Waals surface area contributed by atoms with Gasteiger partial charge < -0.3 is 15.0 Å². The van der Waals surface area contributed by atoms with Gasteiger partial charge in [-0.3, -0.25) is 14.4 Å². The lowest BCUT2D eigenvalue weighted by atomic mass is 10.1. The Kier molecular flexibility index (Phi) is 5.40. The van der Waals surface area contributed by atoms with Crippen molar-refractivity contribution in [1.82, 2.24) is 4.57 Å². The average molecular weight is 376 g/mol. The Bertz CT molecular complexity index is 1030. The van der Waals surface area contributed by atoms with Gasteiger partial charge in [0.25, 0.3) is 5.91 Å². The molecule has 0 bridgehead atoms. The number of nitrogens with one attached hydrogen (secondary N) is 1. The molecule has 1 amide bonds. The monoisotopic (exact) mass is 376 g/mol. The van der Waals surface area contributed by atoms with E-state index in [2.05, 4.69) is 5.32 Å². The molecule has 3 rings (SSSR count). The predicted octanol–water partition coefficient (Wildman–Crippen LogP) is 3.44. The van der Waals surface area contributed by atoms with Gasteiger partial charge in [-0.25, -0.2) is 0 Å². The number of benzene rings is 2. The summed E-state index contributed by atoms with van der Waals surface area (Å²) in [7, 11) is 1.66. The molecule has 6 heteroatoms. The molecule has 28 heavy (non-hydrogen) atoms. The van der Waals surface area contributed by atoms with Crippen LogP contribution in [0.25, 0.3) is 0 Å². The van der Waals surface area contributed by atoms with Gasteiger partial charge in [0.1, 0.15) is 0 Å². The number of hydrogen-bond donors (Lipinski definition) is 2. The lowest BCUT2D eigenvalue weighted by molar-refractivity contribution is -0.136. The van der Waals surface area contributed by atoms with Gasteiger partial charge >= 0.3 is 5.97 Å². The molecule has 0 aliphatic rings. The van der Waals surface area contributed by atoms with E-state index in [4.69, 9.17) is 5.11 Å². The number of nitrogens with zero attached hydrogens (tertiary/aromatic N) is 1. The van der Waals surface area contributed by atoms with Crippen LogP contribution in [-0.4, -0.2) is 27.3 Å². The maximum Gasteiger partial charge on any atom is 0.309 e. The van der Waals surface area contributed by atoms with Crippen LogP contribution in [0, 0.1) is 6.92 Å². The fourth-order valence-corrected chi connectivity index (χ4v) is 2.87. The van der Waals surface area contributed by atoms with Crippen LogP contribution in [-0.2, 0) is 18.3 Å². The van der Waals surface area contributed by atoms with E-state index < -0.39 is 5.97 Å². The van der Waals surface area contributed by atoms with Crippen LogP contribution in [0.3, 0.4) is 0 Å². The summed E-state index contributed by atoms with van der Waals surface area (Å²) >= 11 is 0. The summed E-state index contributed by atoms with van der Waals surface area (Å²) < 4.78 is 1.58. The highest BCUT2D eigenvalue weighted by Crippen LogP contribution is 2.16. The molecule has 1 aromatic heterocycles. The Morgan fingerprint density at radius 3 is 2.11 bits per heavy atom. The number of aromatic nitrogens is 1. The second-order valence-electron chi connectivity index (χ2n) is 6.57.